The van der Waals surface area contributed by atoms with Gasteiger partial charge in [0.25, 0.3) is 0 Å². The van der Waals surface area contributed by atoms with E-state index in [1.54, 1.807) is 0 Å². The molecule has 4 heteroatoms. The van der Waals surface area contributed by atoms with E-state index >= 15 is 0 Å². The highest BCUT2D eigenvalue weighted by Gasteiger charge is 2.28. The molecular weight excluding hydrogens is 198 g/mol. The van der Waals surface area contributed by atoms with Gasteiger partial charge in [-0.05, 0) is 32.2 Å². The first kappa shape index (κ1) is 11.7. The summed E-state index contributed by atoms with van der Waals surface area (Å²) in [7, 11) is -2.84. The van der Waals surface area contributed by atoms with Gasteiger partial charge in [-0.2, -0.15) is 0 Å². The molecule has 0 spiro atoms. The van der Waals surface area contributed by atoms with Gasteiger partial charge in [0.1, 0.15) is 0 Å². The molecule has 1 atom stereocenters. The van der Waals surface area contributed by atoms with E-state index in [9.17, 15) is 8.42 Å². The van der Waals surface area contributed by atoms with Gasteiger partial charge in [0.15, 0.2) is 9.84 Å². The van der Waals surface area contributed by atoms with Gasteiger partial charge in [-0.25, -0.2) is 8.42 Å². The van der Waals surface area contributed by atoms with Crippen molar-refractivity contribution in [1.82, 2.24) is 0 Å². The third kappa shape index (κ3) is 3.10. The van der Waals surface area contributed by atoms with Crippen LogP contribution in [0.25, 0.3) is 0 Å². The predicted molar refractivity (Wildman–Crippen MR) is 58.9 cm³/mol. The number of hydrogen-bond donors (Lipinski definition) is 1. The van der Waals surface area contributed by atoms with Crippen LogP contribution in [0.4, 0.5) is 0 Å². The quantitative estimate of drug-likeness (QED) is 0.721. The monoisotopic (exact) mass is 217 g/mol. The Balaban J connectivity index is 2.54. The van der Waals surface area contributed by atoms with Gasteiger partial charge in [-0.1, -0.05) is 18.6 Å². The zero-order chi connectivity index (χ0) is 10.6. The van der Waals surface area contributed by atoms with Crippen LogP contribution in [0, 0.1) is 0 Å². The third-order valence-electron chi connectivity index (χ3n) is 2.73. The molecule has 1 aliphatic heterocycles. The fraction of sp³-hybridized carbons (Fsp3) is 0.800. The summed E-state index contributed by atoms with van der Waals surface area (Å²) in [4.78, 5) is 0. The minimum atomic E-state index is -2.84. The molecule has 1 unspecified atom stereocenters. The zero-order valence-corrected chi connectivity index (χ0v) is 9.35. The Labute approximate surface area is 86.3 Å². The molecule has 1 fully saturated rings. The second-order valence-corrected chi connectivity index (χ2v) is 6.38. The van der Waals surface area contributed by atoms with E-state index in [0.29, 0.717) is 18.7 Å². The molecule has 1 heterocycles. The molecule has 82 valence electrons. The first-order valence-corrected chi connectivity index (χ1v) is 6.86. The SMILES string of the molecule is C=C(CCN)CC1CCCCS1(=O)=O. The molecular formula is C10H19NO2S. The number of sulfone groups is 1. The van der Waals surface area contributed by atoms with Crippen LogP contribution < -0.4 is 5.73 Å². The summed E-state index contributed by atoms with van der Waals surface area (Å²) >= 11 is 0. The van der Waals surface area contributed by atoms with Crippen molar-refractivity contribution >= 4 is 9.84 Å². The molecule has 0 aromatic heterocycles. The molecule has 1 rings (SSSR count). The topological polar surface area (TPSA) is 60.2 Å². The largest absolute Gasteiger partial charge is 0.330 e. The van der Waals surface area contributed by atoms with Crippen LogP contribution in [0.5, 0.6) is 0 Å². The Kier molecular flexibility index (Phi) is 4.13. The summed E-state index contributed by atoms with van der Waals surface area (Å²) in [6, 6.07) is 0. The molecule has 0 saturated carbocycles. The highest BCUT2D eigenvalue weighted by Crippen LogP contribution is 2.25. The van der Waals surface area contributed by atoms with E-state index in [0.717, 1.165) is 31.3 Å². The Morgan fingerprint density at radius 1 is 1.43 bits per heavy atom. The summed E-state index contributed by atoms with van der Waals surface area (Å²) < 4.78 is 23.3. The fourth-order valence-corrected chi connectivity index (χ4v) is 3.83. The van der Waals surface area contributed by atoms with Crippen molar-refractivity contribution in [1.29, 1.82) is 0 Å². The van der Waals surface area contributed by atoms with Crippen molar-refractivity contribution in [3.63, 3.8) is 0 Å². The average molecular weight is 217 g/mol. The molecule has 1 saturated heterocycles. The van der Waals surface area contributed by atoms with Gasteiger partial charge in [0.05, 0.1) is 11.0 Å². The van der Waals surface area contributed by atoms with Crippen molar-refractivity contribution in [2.75, 3.05) is 12.3 Å². The lowest BCUT2D eigenvalue weighted by Gasteiger charge is -2.22. The van der Waals surface area contributed by atoms with Crippen molar-refractivity contribution in [2.24, 2.45) is 5.73 Å². The third-order valence-corrected chi connectivity index (χ3v) is 5.00. The molecule has 0 aromatic rings. The van der Waals surface area contributed by atoms with E-state index in [1.165, 1.54) is 0 Å². The predicted octanol–water partition coefficient (Wildman–Crippen LogP) is 1.25. The Bertz CT molecular complexity index is 295. The summed E-state index contributed by atoms with van der Waals surface area (Å²) in [6.07, 6.45) is 4.00. The van der Waals surface area contributed by atoms with E-state index in [2.05, 4.69) is 6.58 Å². The van der Waals surface area contributed by atoms with Crippen LogP contribution in [-0.4, -0.2) is 26.0 Å². The Morgan fingerprint density at radius 3 is 2.71 bits per heavy atom. The minimum absolute atomic E-state index is 0.185. The maximum atomic E-state index is 11.6. The van der Waals surface area contributed by atoms with Crippen molar-refractivity contribution in [3.8, 4) is 0 Å². The van der Waals surface area contributed by atoms with E-state index in [4.69, 9.17) is 5.73 Å². The smallest absolute Gasteiger partial charge is 0.153 e. The Hall–Kier alpha value is -0.350. The summed E-state index contributed by atoms with van der Waals surface area (Å²) in [5.74, 6) is 0.355. The van der Waals surface area contributed by atoms with Crippen LogP contribution >= 0.6 is 0 Å². The van der Waals surface area contributed by atoms with Gasteiger partial charge in [0.2, 0.25) is 0 Å². The lowest BCUT2D eigenvalue weighted by molar-refractivity contribution is 0.535. The summed E-state index contributed by atoms with van der Waals surface area (Å²) in [5, 5.41) is -0.185. The van der Waals surface area contributed by atoms with Crippen LogP contribution in [0.3, 0.4) is 0 Å². The molecule has 0 bridgehead atoms. The van der Waals surface area contributed by atoms with E-state index in [-0.39, 0.29) is 5.25 Å². The van der Waals surface area contributed by atoms with Gasteiger partial charge >= 0.3 is 0 Å². The van der Waals surface area contributed by atoms with Gasteiger partial charge < -0.3 is 5.73 Å². The number of nitrogens with two attached hydrogens (primary N) is 1. The zero-order valence-electron chi connectivity index (χ0n) is 8.54. The van der Waals surface area contributed by atoms with Gasteiger partial charge in [-0.15, -0.1) is 0 Å². The summed E-state index contributed by atoms with van der Waals surface area (Å²) in [6.45, 7) is 4.42. The minimum Gasteiger partial charge on any atom is -0.330 e. The lowest BCUT2D eigenvalue weighted by Crippen LogP contribution is -2.28. The molecule has 1 aliphatic rings. The second-order valence-electron chi connectivity index (χ2n) is 3.98. The van der Waals surface area contributed by atoms with Crippen molar-refractivity contribution in [3.05, 3.63) is 12.2 Å². The maximum absolute atomic E-state index is 11.6. The summed E-state index contributed by atoms with van der Waals surface area (Å²) in [5.41, 5.74) is 6.37. The highest BCUT2D eigenvalue weighted by molar-refractivity contribution is 7.92. The normalized spacial score (nSPS) is 25.9. The standard InChI is InChI=1S/C10H19NO2S/c1-9(5-6-11)8-10-4-2-3-7-14(10,12)13/h10H,1-8,11H2. The number of hydrogen-bond acceptors (Lipinski definition) is 3. The first-order valence-electron chi connectivity index (χ1n) is 5.14. The number of rotatable bonds is 4. The van der Waals surface area contributed by atoms with Crippen molar-refractivity contribution in [2.45, 2.75) is 37.4 Å². The fourth-order valence-electron chi connectivity index (χ4n) is 1.88. The van der Waals surface area contributed by atoms with E-state index in [1.807, 2.05) is 0 Å². The molecule has 0 amide bonds. The average Bonchev–Trinajstić information content (AvgIpc) is 2.09. The van der Waals surface area contributed by atoms with Crippen LogP contribution in [0.1, 0.15) is 32.1 Å². The van der Waals surface area contributed by atoms with Crippen molar-refractivity contribution < 1.29 is 8.42 Å². The van der Waals surface area contributed by atoms with Crippen LogP contribution in [0.15, 0.2) is 12.2 Å². The molecule has 0 aliphatic carbocycles. The van der Waals surface area contributed by atoms with Crippen LogP contribution in [0.2, 0.25) is 0 Å². The van der Waals surface area contributed by atoms with Gasteiger partial charge in [-0.3, -0.25) is 0 Å². The molecule has 2 N–H and O–H groups in total. The molecule has 3 nitrogen and oxygen atoms in total. The Morgan fingerprint density at radius 2 is 2.14 bits per heavy atom. The second kappa shape index (κ2) is 4.94. The van der Waals surface area contributed by atoms with Crippen LogP contribution in [-0.2, 0) is 9.84 Å². The van der Waals surface area contributed by atoms with E-state index < -0.39 is 9.84 Å². The first-order chi connectivity index (χ1) is 6.56. The molecule has 0 radical (unpaired) electrons. The molecule has 0 aromatic carbocycles. The molecule has 14 heavy (non-hydrogen) atoms. The lowest BCUT2D eigenvalue weighted by atomic mass is 10.0. The van der Waals surface area contributed by atoms with Gasteiger partial charge in [0, 0.05) is 0 Å². The maximum Gasteiger partial charge on any atom is 0.153 e. The highest BCUT2D eigenvalue weighted by atomic mass is 32.2.